The number of nitrogens with zero attached hydrogens (tertiary/aromatic N) is 11. The lowest BCUT2D eigenvalue weighted by Gasteiger charge is -2.38. The predicted octanol–water partition coefficient (Wildman–Crippen LogP) is 12.8. The van der Waals surface area contributed by atoms with Gasteiger partial charge < -0.3 is 87.9 Å². The monoisotopic (exact) mass is 1950 g/mol. The maximum Gasteiger partial charge on any atom is 0.243 e. The van der Waals surface area contributed by atoms with Crippen LogP contribution in [0, 0.1) is 0 Å². The minimum absolute atomic E-state index is 0.0106. The van der Waals surface area contributed by atoms with Crippen molar-refractivity contribution in [2.75, 3.05) is 131 Å². The van der Waals surface area contributed by atoms with E-state index >= 15 is 43.2 Å². The van der Waals surface area contributed by atoms with Crippen molar-refractivity contribution in [2.24, 2.45) is 28.7 Å². The molecule has 29 nitrogen and oxygen atoms in total. The second-order valence-corrected chi connectivity index (χ2v) is 36.2. The molecule has 8 atom stereocenters. The van der Waals surface area contributed by atoms with Gasteiger partial charge in [-0.2, -0.15) is 0 Å². The number of primary amides is 1. The van der Waals surface area contributed by atoms with Crippen LogP contribution in [0.2, 0.25) is 20.1 Å². The van der Waals surface area contributed by atoms with Crippen LogP contribution in [0.5, 0.6) is 0 Å². The van der Waals surface area contributed by atoms with Crippen LogP contribution in [0.3, 0.4) is 0 Å². The summed E-state index contributed by atoms with van der Waals surface area (Å²) in [4.78, 5) is 199. The molecule has 0 aromatic heterocycles. The van der Waals surface area contributed by atoms with Crippen LogP contribution in [0.25, 0.3) is 0 Å². The lowest BCUT2D eigenvalue weighted by atomic mass is 10.0. The molecule has 137 heavy (non-hydrogen) atoms. The molecular weight excluding hydrogens is 1820 g/mol. The van der Waals surface area contributed by atoms with Crippen molar-refractivity contribution in [3.05, 3.63) is 283 Å². The number of carbonyl (C=O) groups excluding carboxylic acids is 12. The molecule has 0 unspecified atom stereocenters. The van der Waals surface area contributed by atoms with Crippen LogP contribution in [0.1, 0.15) is 200 Å². The van der Waals surface area contributed by atoms with E-state index in [4.69, 9.17) is 75.1 Å². The molecular formula is C104H135Cl4N17O12. The molecule has 33 heteroatoms. The van der Waals surface area contributed by atoms with Crippen molar-refractivity contribution in [2.45, 2.75) is 155 Å². The highest BCUT2D eigenvalue weighted by Gasteiger charge is 2.40. The molecule has 8 aromatic carbocycles. The first-order chi connectivity index (χ1) is 65.7. The number of carbonyl (C=O) groups is 12. The molecule has 8 aromatic rings. The first-order valence-corrected chi connectivity index (χ1v) is 48.4. The summed E-state index contributed by atoms with van der Waals surface area (Å²) in [5, 5.41) is 4.85. The maximum atomic E-state index is 16.1. The van der Waals surface area contributed by atoms with Crippen molar-refractivity contribution < 1.29 is 57.5 Å². The first-order valence-electron chi connectivity index (χ1n) is 46.9. The average Bonchev–Trinajstić information content (AvgIpc) is 0.877. The van der Waals surface area contributed by atoms with Crippen LogP contribution in [-0.4, -0.2) is 256 Å². The number of unbranched alkanes of at least 4 members (excludes halogenated alkanes) is 4. The minimum atomic E-state index is -0.938. The van der Waals surface area contributed by atoms with Gasteiger partial charge in [0.1, 0.15) is 45.8 Å². The zero-order valence-corrected chi connectivity index (χ0v) is 82.9. The number of amides is 12. The van der Waals surface area contributed by atoms with E-state index in [0.29, 0.717) is 110 Å². The van der Waals surface area contributed by atoms with E-state index in [1.165, 1.54) is 53.9 Å². The van der Waals surface area contributed by atoms with Crippen LogP contribution in [0.15, 0.2) is 218 Å². The van der Waals surface area contributed by atoms with E-state index in [0.717, 1.165) is 12.8 Å². The van der Waals surface area contributed by atoms with Gasteiger partial charge in [0, 0.05) is 39.7 Å². The Hall–Kier alpha value is -11.6. The number of nitrogens with one attached hydrogen (secondary N) is 1. The van der Waals surface area contributed by atoms with Gasteiger partial charge in [0.2, 0.25) is 70.9 Å². The summed E-state index contributed by atoms with van der Waals surface area (Å²) in [5.74, 6) is -7.84. The van der Waals surface area contributed by atoms with Gasteiger partial charge >= 0.3 is 0 Å². The van der Waals surface area contributed by atoms with Crippen molar-refractivity contribution in [3.63, 3.8) is 0 Å². The third-order valence-electron chi connectivity index (χ3n) is 25.1. The van der Waals surface area contributed by atoms with E-state index in [-0.39, 0.29) is 58.1 Å². The van der Waals surface area contributed by atoms with Crippen molar-refractivity contribution in [1.82, 2.24) is 59.2 Å². The Labute approximate surface area is 826 Å². The number of hydrogen-bond acceptors (Lipinski definition) is 17. The quantitative estimate of drug-likeness (QED) is 0.0193. The summed E-state index contributed by atoms with van der Waals surface area (Å²) in [6.07, 6.45) is 3.65. The van der Waals surface area contributed by atoms with Gasteiger partial charge in [-0.3, -0.25) is 57.5 Å². The number of hydrogen-bond donors (Lipinski definition) is 6. The molecule has 0 saturated carbocycles. The molecule has 0 aliphatic heterocycles. The Morgan fingerprint density at radius 2 is 0.416 bits per heavy atom. The normalized spacial score (nSPS) is 12.9. The van der Waals surface area contributed by atoms with E-state index in [9.17, 15) is 14.4 Å². The highest BCUT2D eigenvalue weighted by Crippen LogP contribution is 2.33. The van der Waals surface area contributed by atoms with Crippen molar-refractivity contribution in [1.29, 1.82) is 0 Å². The third kappa shape index (κ3) is 33.9. The summed E-state index contributed by atoms with van der Waals surface area (Å²) in [6.45, 7) is 8.84. The van der Waals surface area contributed by atoms with Gasteiger partial charge in [-0.25, -0.2) is 0 Å². The van der Waals surface area contributed by atoms with Gasteiger partial charge in [-0.15, -0.1) is 0 Å². The number of nitrogens with two attached hydrogens (primary N) is 5. The standard InChI is InChI=1S/C104H135Cl4N17O12/c1-73(81-29-13-9-14-30-81)118(62-93(113)126)101(134)70-123(78(6)86-39-47-90(106)48-40-86)98(131)63-115(58-26-22-54-110)96(129)67-121(75(3)83-33-17-11-18-34-83)103(136)72-125(80(8)88-43-51-92(108)52-44-88)100(133)65-117(60-28-24-56-112)97(130)68-122(76(4)84-35-19-12-20-36-84)104(137)71-124(79(7)87-41-49-91(107)50-42-87)99(132)64-116(59-27-23-55-111)95(128)66-120(74(2)82-31-15-10-16-32-82)102(135)69-119(94(127)61-114-57-25-21-53-109)77(5)85-37-45-89(105)46-38-85/h9-20,29-52,73-80,114H,21-28,53-72,109-112H2,1-8H3,(H2,113,126)/t73-,74-,75-,76-,77-,78-,79-,80-/m1/s1. The van der Waals surface area contributed by atoms with E-state index in [1.54, 1.807) is 230 Å². The Bertz CT molecular complexity index is 5190. The maximum absolute atomic E-state index is 16.1. The Balaban J connectivity index is 1.13. The highest BCUT2D eigenvalue weighted by molar-refractivity contribution is 6.31. The molecule has 0 radical (unpaired) electrons. The summed E-state index contributed by atoms with van der Waals surface area (Å²) in [6, 6.07) is 56.5. The fraction of sp³-hybridized carbons (Fsp3) is 0.423. The van der Waals surface area contributed by atoms with E-state index in [2.05, 4.69) is 5.32 Å². The fourth-order valence-electron chi connectivity index (χ4n) is 16.4. The van der Waals surface area contributed by atoms with Gasteiger partial charge in [0.25, 0.3) is 0 Å². The summed E-state index contributed by atoms with van der Waals surface area (Å²) in [5.41, 5.74) is 34.9. The number of halogens is 4. The van der Waals surface area contributed by atoms with Crippen LogP contribution < -0.4 is 34.0 Å². The van der Waals surface area contributed by atoms with Gasteiger partial charge in [-0.05, 0) is 233 Å². The second-order valence-electron chi connectivity index (χ2n) is 34.5. The molecule has 0 saturated heterocycles. The molecule has 12 amide bonds. The summed E-state index contributed by atoms with van der Waals surface area (Å²) >= 11 is 25.8. The third-order valence-corrected chi connectivity index (χ3v) is 26.1. The van der Waals surface area contributed by atoms with Crippen LogP contribution >= 0.6 is 46.4 Å². The topological polar surface area (TPSA) is 383 Å². The van der Waals surface area contributed by atoms with Gasteiger partial charge in [0.05, 0.1) is 81.1 Å². The van der Waals surface area contributed by atoms with Crippen molar-refractivity contribution in [3.8, 4) is 0 Å². The molecule has 11 N–H and O–H groups in total. The number of benzene rings is 8. The zero-order chi connectivity index (χ0) is 99.8. The van der Waals surface area contributed by atoms with E-state index < -0.39 is 185 Å². The molecule has 736 valence electrons. The predicted molar refractivity (Wildman–Crippen MR) is 538 cm³/mol. The van der Waals surface area contributed by atoms with E-state index in [1.807, 2.05) is 43.3 Å². The Morgan fingerprint density at radius 3 is 0.628 bits per heavy atom. The van der Waals surface area contributed by atoms with Crippen LogP contribution in [0.4, 0.5) is 0 Å². The Morgan fingerprint density at radius 1 is 0.234 bits per heavy atom. The molecule has 8 rings (SSSR count). The number of rotatable bonds is 56. The molecule has 0 spiro atoms. The highest BCUT2D eigenvalue weighted by atomic mass is 35.5. The minimum Gasteiger partial charge on any atom is -0.368 e. The summed E-state index contributed by atoms with van der Waals surface area (Å²) < 4.78 is 0. The Kier molecular flexibility index (Phi) is 46.0. The smallest absolute Gasteiger partial charge is 0.243 e. The van der Waals surface area contributed by atoms with Gasteiger partial charge in [-0.1, -0.05) is 216 Å². The summed E-state index contributed by atoms with van der Waals surface area (Å²) in [7, 11) is 0. The van der Waals surface area contributed by atoms with Crippen molar-refractivity contribution >= 4 is 117 Å². The average molecular weight is 1960 g/mol. The second kappa shape index (κ2) is 56.9. The molecule has 0 fully saturated rings. The lowest BCUT2D eigenvalue weighted by Crippen LogP contribution is -2.54. The molecule has 0 heterocycles. The largest absolute Gasteiger partial charge is 0.368 e. The first kappa shape index (κ1) is 111. The zero-order valence-electron chi connectivity index (χ0n) is 79.9. The SMILES string of the molecule is C[C@H](c1ccccc1)N(CC(N)=O)C(=O)CN(C(=O)CN(CCCCN)C(=O)CN(C(=O)CN(C(=O)CN(CCCCN)C(=O)CN(C(=O)CN(C(=O)CN(CCCCN)C(=O)CN(C(=O)CN(C(=O)CNCCCCN)[C@H](C)c1ccc(Cl)cc1)[C@H](C)c1ccccc1)[C@H](C)c1ccc(Cl)cc1)[C@H](C)c1ccccc1)[C@H](C)c1ccc(Cl)cc1)[C@H](C)c1ccccc1)[C@H](C)c1ccc(Cl)cc1. The fourth-order valence-corrected chi connectivity index (χ4v) is 16.9. The van der Waals surface area contributed by atoms with Crippen LogP contribution in [-0.2, 0) is 57.5 Å². The lowest BCUT2D eigenvalue weighted by molar-refractivity contribution is -0.152. The van der Waals surface area contributed by atoms with Gasteiger partial charge in [0.15, 0.2) is 0 Å². The molecule has 0 bridgehead atoms. The molecule has 0 aliphatic carbocycles. The molecule has 0 aliphatic rings.